The van der Waals surface area contributed by atoms with Crippen molar-refractivity contribution in [1.29, 1.82) is 0 Å². The van der Waals surface area contributed by atoms with Gasteiger partial charge in [-0.15, -0.1) is 0 Å². The molecule has 0 fully saturated rings. The van der Waals surface area contributed by atoms with Crippen molar-refractivity contribution in [3.63, 3.8) is 0 Å². The maximum Gasteiger partial charge on any atom is 0.128 e. The van der Waals surface area contributed by atoms with Crippen LogP contribution in [0.1, 0.15) is 25.0 Å². The van der Waals surface area contributed by atoms with Gasteiger partial charge in [0, 0.05) is 24.2 Å². The van der Waals surface area contributed by atoms with Gasteiger partial charge in [0.05, 0.1) is 5.41 Å². The van der Waals surface area contributed by atoms with Crippen LogP contribution in [0, 0.1) is 11.6 Å². The van der Waals surface area contributed by atoms with Crippen molar-refractivity contribution >= 4 is 0 Å². The van der Waals surface area contributed by atoms with Gasteiger partial charge in [-0.1, -0.05) is 38.1 Å². The van der Waals surface area contributed by atoms with Crippen LogP contribution >= 0.6 is 0 Å². The highest BCUT2D eigenvalue weighted by atomic mass is 19.1. The van der Waals surface area contributed by atoms with Crippen LogP contribution in [0.5, 0.6) is 0 Å². The van der Waals surface area contributed by atoms with Gasteiger partial charge < -0.3 is 10.6 Å². The smallest absolute Gasteiger partial charge is 0.128 e. The molecule has 0 saturated carbocycles. The minimum Gasteiger partial charge on any atom is -0.316 e. The number of halogens is 2. The fourth-order valence-corrected chi connectivity index (χ4v) is 3.69. The van der Waals surface area contributed by atoms with Crippen LogP contribution in [0.15, 0.2) is 36.4 Å². The molecule has 0 unspecified atom stereocenters. The second-order valence-corrected chi connectivity index (χ2v) is 5.97. The van der Waals surface area contributed by atoms with Crippen molar-refractivity contribution in [3.8, 4) is 11.1 Å². The van der Waals surface area contributed by atoms with Crippen molar-refractivity contribution < 1.29 is 8.78 Å². The summed E-state index contributed by atoms with van der Waals surface area (Å²) in [5.74, 6) is -0.539. The largest absolute Gasteiger partial charge is 0.316 e. The lowest BCUT2D eigenvalue weighted by Crippen LogP contribution is -2.46. The number of hydrogen-bond acceptors (Lipinski definition) is 2. The maximum absolute atomic E-state index is 14.8. The molecule has 0 aliphatic heterocycles. The third-order valence-electron chi connectivity index (χ3n) is 4.63. The Labute approximate surface area is 135 Å². The van der Waals surface area contributed by atoms with Crippen molar-refractivity contribution in [2.75, 3.05) is 26.2 Å². The average molecular weight is 316 g/mol. The van der Waals surface area contributed by atoms with Gasteiger partial charge in [-0.3, -0.25) is 0 Å². The van der Waals surface area contributed by atoms with Crippen LogP contribution in [0.3, 0.4) is 0 Å². The molecule has 0 spiro atoms. The number of rotatable bonds is 6. The molecule has 2 N–H and O–H groups in total. The quantitative estimate of drug-likeness (QED) is 0.853. The number of nitrogens with one attached hydrogen (secondary N) is 2. The van der Waals surface area contributed by atoms with E-state index in [1.807, 2.05) is 26.0 Å². The molecule has 1 aliphatic rings. The molecule has 0 amide bonds. The Morgan fingerprint density at radius 3 is 1.61 bits per heavy atom. The molecule has 0 bridgehead atoms. The van der Waals surface area contributed by atoms with Crippen LogP contribution in [-0.4, -0.2) is 26.2 Å². The van der Waals surface area contributed by atoms with Crippen molar-refractivity contribution in [1.82, 2.24) is 10.6 Å². The average Bonchev–Trinajstić information content (AvgIpc) is 2.84. The monoisotopic (exact) mass is 316 g/mol. The molecule has 0 heterocycles. The molecule has 1 aliphatic carbocycles. The van der Waals surface area contributed by atoms with E-state index >= 15 is 0 Å². The van der Waals surface area contributed by atoms with E-state index in [-0.39, 0.29) is 11.6 Å². The number of hydrogen-bond donors (Lipinski definition) is 2. The lowest BCUT2D eigenvalue weighted by Gasteiger charge is -2.33. The van der Waals surface area contributed by atoms with Gasteiger partial charge in [0.15, 0.2) is 0 Å². The Bertz CT molecular complexity index is 651. The Kier molecular flexibility index (Phi) is 4.46. The molecular formula is C19H22F2N2. The normalized spacial score (nSPS) is 14.6. The lowest BCUT2D eigenvalue weighted by atomic mass is 9.77. The highest BCUT2D eigenvalue weighted by Crippen LogP contribution is 2.50. The summed E-state index contributed by atoms with van der Waals surface area (Å²) in [4.78, 5) is 0. The second kappa shape index (κ2) is 6.38. The summed E-state index contributed by atoms with van der Waals surface area (Å²) >= 11 is 0. The van der Waals surface area contributed by atoms with Crippen LogP contribution < -0.4 is 10.6 Å². The number of fused-ring (bicyclic) bond motifs is 3. The predicted octanol–water partition coefficient (Wildman–Crippen LogP) is 3.45. The van der Waals surface area contributed by atoms with E-state index in [1.165, 1.54) is 12.1 Å². The molecular weight excluding hydrogens is 294 g/mol. The fourth-order valence-electron chi connectivity index (χ4n) is 3.69. The van der Waals surface area contributed by atoms with E-state index in [0.29, 0.717) is 24.2 Å². The van der Waals surface area contributed by atoms with Gasteiger partial charge in [0.25, 0.3) is 0 Å². The summed E-state index contributed by atoms with van der Waals surface area (Å²) in [7, 11) is 0. The first-order valence-electron chi connectivity index (χ1n) is 8.15. The standard InChI is InChI=1S/C19H22F2N2/c1-3-22-11-19(12-23-4-2)17-13(7-5-9-15(17)20)14-8-6-10-16(21)18(14)19/h5-10,22-23H,3-4,11-12H2,1-2H3. The topological polar surface area (TPSA) is 24.1 Å². The second-order valence-electron chi connectivity index (χ2n) is 5.97. The zero-order chi connectivity index (χ0) is 16.4. The molecule has 3 rings (SSSR count). The van der Waals surface area contributed by atoms with Crippen LogP contribution in [0.25, 0.3) is 11.1 Å². The number of likely N-dealkylation sites (N-methyl/N-ethyl adjacent to an activating group) is 2. The van der Waals surface area contributed by atoms with E-state index in [1.54, 1.807) is 12.1 Å². The zero-order valence-electron chi connectivity index (χ0n) is 13.5. The summed E-state index contributed by atoms with van der Waals surface area (Å²) in [6, 6.07) is 10.1. The molecule has 2 aromatic carbocycles. The van der Waals surface area contributed by atoms with Crippen LogP contribution in [-0.2, 0) is 5.41 Å². The SMILES string of the molecule is CCNCC1(CNCC)c2c(F)cccc2-c2cccc(F)c21. The first kappa shape index (κ1) is 16.1. The van der Waals surface area contributed by atoms with E-state index in [9.17, 15) is 8.78 Å². The summed E-state index contributed by atoms with van der Waals surface area (Å²) < 4.78 is 29.5. The van der Waals surface area contributed by atoms with Crippen molar-refractivity contribution in [2.45, 2.75) is 19.3 Å². The van der Waals surface area contributed by atoms with Gasteiger partial charge in [-0.05, 0) is 36.3 Å². The van der Waals surface area contributed by atoms with Gasteiger partial charge in [-0.2, -0.15) is 0 Å². The van der Waals surface area contributed by atoms with E-state index in [4.69, 9.17) is 0 Å². The summed E-state index contributed by atoms with van der Waals surface area (Å²) in [6.07, 6.45) is 0. The third kappa shape index (κ3) is 2.46. The Balaban J connectivity index is 2.28. The minimum atomic E-state index is -0.729. The Hall–Kier alpha value is -1.78. The highest BCUT2D eigenvalue weighted by molar-refractivity contribution is 5.81. The molecule has 2 aromatic rings. The first-order valence-corrected chi connectivity index (χ1v) is 8.15. The van der Waals surface area contributed by atoms with Crippen LogP contribution in [0.4, 0.5) is 8.78 Å². The molecule has 4 heteroatoms. The van der Waals surface area contributed by atoms with Crippen molar-refractivity contribution in [3.05, 3.63) is 59.2 Å². The molecule has 2 nitrogen and oxygen atoms in total. The van der Waals surface area contributed by atoms with Gasteiger partial charge >= 0.3 is 0 Å². The van der Waals surface area contributed by atoms with E-state index in [2.05, 4.69) is 10.6 Å². The summed E-state index contributed by atoms with van der Waals surface area (Å²) in [6.45, 7) is 6.50. The van der Waals surface area contributed by atoms with Crippen molar-refractivity contribution in [2.24, 2.45) is 0 Å². The van der Waals surface area contributed by atoms with Crippen LogP contribution in [0.2, 0.25) is 0 Å². The molecule has 122 valence electrons. The Morgan fingerprint density at radius 2 is 1.22 bits per heavy atom. The summed E-state index contributed by atoms with van der Waals surface area (Å²) in [5, 5.41) is 6.61. The minimum absolute atomic E-state index is 0.270. The predicted molar refractivity (Wildman–Crippen MR) is 89.7 cm³/mol. The molecule has 23 heavy (non-hydrogen) atoms. The highest BCUT2D eigenvalue weighted by Gasteiger charge is 2.46. The van der Waals surface area contributed by atoms with Gasteiger partial charge in [0.1, 0.15) is 11.6 Å². The third-order valence-corrected chi connectivity index (χ3v) is 4.63. The maximum atomic E-state index is 14.8. The first-order chi connectivity index (χ1) is 11.2. The molecule has 0 atom stereocenters. The summed E-state index contributed by atoms with van der Waals surface area (Å²) in [5.41, 5.74) is 2.07. The number of benzene rings is 2. The van der Waals surface area contributed by atoms with Gasteiger partial charge in [-0.25, -0.2) is 8.78 Å². The zero-order valence-corrected chi connectivity index (χ0v) is 13.5. The fraction of sp³-hybridized carbons (Fsp3) is 0.368. The van der Waals surface area contributed by atoms with E-state index < -0.39 is 5.41 Å². The Morgan fingerprint density at radius 1 is 0.783 bits per heavy atom. The molecule has 0 saturated heterocycles. The lowest BCUT2D eigenvalue weighted by molar-refractivity contribution is 0.414. The van der Waals surface area contributed by atoms with Gasteiger partial charge in [0.2, 0.25) is 0 Å². The molecule has 0 radical (unpaired) electrons. The molecule has 0 aromatic heterocycles. The van der Waals surface area contributed by atoms with E-state index in [0.717, 1.165) is 24.2 Å².